The molecule has 0 aliphatic carbocycles. The number of nitrogens with zero attached hydrogens (tertiary/aromatic N) is 2. The topological polar surface area (TPSA) is 62.3 Å². The SMILES string of the molecule is Cc1ccc2cc([C@@H]3C=C(c4ccc(Br)cc4)NN3S(C)(=O)=O)c(Cl)nc2c1. The van der Waals surface area contributed by atoms with Gasteiger partial charge in [0.25, 0.3) is 0 Å². The summed E-state index contributed by atoms with van der Waals surface area (Å²) in [6.45, 7) is 1.99. The van der Waals surface area contributed by atoms with E-state index in [1.165, 1.54) is 4.41 Å². The maximum absolute atomic E-state index is 12.4. The van der Waals surface area contributed by atoms with Gasteiger partial charge in [0.05, 0.1) is 23.5 Å². The Morgan fingerprint density at radius 2 is 1.86 bits per heavy atom. The lowest BCUT2D eigenvalue weighted by Gasteiger charge is -2.23. The van der Waals surface area contributed by atoms with E-state index in [-0.39, 0.29) is 5.15 Å². The van der Waals surface area contributed by atoms with Gasteiger partial charge in [0.2, 0.25) is 10.0 Å². The quantitative estimate of drug-likeness (QED) is 0.548. The molecule has 3 aromatic rings. The van der Waals surface area contributed by atoms with Gasteiger partial charge in [-0.3, -0.25) is 0 Å². The molecule has 1 aliphatic heterocycles. The summed E-state index contributed by atoms with van der Waals surface area (Å²) in [6, 6.07) is 14.8. The summed E-state index contributed by atoms with van der Waals surface area (Å²) >= 11 is 9.88. The number of pyridine rings is 1. The largest absolute Gasteiger partial charge is 0.304 e. The standard InChI is InChI=1S/C20H17BrClN3O2S/c1-12-3-4-14-10-16(20(22)23-17(14)9-12)19-11-18(24-25(19)28(2,26)27)13-5-7-15(21)8-6-13/h3-11,19,24H,1-2H3/t19-/m0/s1. The van der Waals surface area contributed by atoms with Crippen molar-refractivity contribution in [1.82, 2.24) is 14.8 Å². The fraction of sp³-hybridized carbons (Fsp3) is 0.150. The van der Waals surface area contributed by atoms with Gasteiger partial charge in [0.15, 0.2) is 0 Å². The highest BCUT2D eigenvalue weighted by atomic mass is 79.9. The zero-order valence-corrected chi connectivity index (χ0v) is 18.3. The van der Waals surface area contributed by atoms with Crippen LogP contribution < -0.4 is 5.43 Å². The van der Waals surface area contributed by atoms with Gasteiger partial charge in [0, 0.05) is 15.4 Å². The van der Waals surface area contributed by atoms with E-state index in [2.05, 4.69) is 26.3 Å². The second kappa shape index (κ2) is 7.15. The van der Waals surface area contributed by atoms with Crippen molar-refractivity contribution in [2.45, 2.75) is 13.0 Å². The Bertz CT molecular complexity index is 1210. The molecule has 0 unspecified atom stereocenters. The molecule has 0 fully saturated rings. The second-order valence-electron chi connectivity index (χ2n) is 6.77. The minimum Gasteiger partial charge on any atom is -0.304 e. The fourth-order valence-corrected chi connectivity index (χ4v) is 4.60. The van der Waals surface area contributed by atoms with Crippen molar-refractivity contribution in [1.29, 1.82) is 0 Å². The Balaban J connectivity index is 1.84. The van der Waals surface area contributed by atoms with Crippen LogP contribution in [0.2, 0.25) is 5.15 Å². The first kappa shape index (κ1) is 19.4. The maximum Gasteiger partial charge on any atom is 0.228 e. The van der Waals surface area contributed by atoms with Crippen LogP contribution in [0.3, 0.4) is 0 Å². The Kier molecular flexibility index (Phi) is 4.95. The van der Waals surface area contributed by atoms with Crippen LogP contribution in [0.4, 0.5) is 0 Å². The van der Waals surface area contributed by atoms with Crippen molar-refractivity contribution in [3.05, 3.63) is 80.9 Å². The van der Waals surface area contributed by atoms with Crippen LogP contribution in [0, 0.1) is 6.92 Å². The molecule has 0 saturated heterocycles. The zero-order chi connectivity index (χ0) is 20.1. The summed E-state index contributed by atoms with van der Waals surface area (Å²) in [5.74, 6) is 0. The molecule has 28 heavy (non-hydrogen) atoms. The average molecular weight is 479 g/mol. The van der Waals surface area contributed by atoms with Crippen LogP contribution in [-0.2, 0) is 10.0 Å². The Morgan fingerprint density at radius 3 is 2.54 bits per heavy atom. The van der Waals surface area contributed by atoms with E-state index >= 15 is 0 Å². The van der Waals surface area contributed by atoms with Crippen LogP contribution >= 0.6 is 27.5 Å². The van der Waals surface area contributed by atoms with Gasteiger partial charge in [-0.05, 0) is 48.4 Å². The number of aryl methyl sites for hydroxylation is 1. The van der Waals surface area contributed by atoms with Crippen molar-refractivity contribution in [3.8, 4) is 0 Å². The third-order valence-electron chi connectivity index (χ3n) is 4.59. The minimum absolute atomic E-state index is 0.284. The Hall–Kier alpha value is -1.93. The molecule has 8 heteroatoms. The van der Waals surface area contributed by atoms with E-state index in [1.807, 2.05) is 61.5 Å². The summed E-state index contributed by atoms with van der Waals surface area (Å²) in [5.41, 5.74) is 7.07. The monoisotopic (exact) mass is 477 g/mol. The molecule has 1 aliphatic rings. The summed E-state index contributed by atoms with van der Waals surface area (Å²) < 4.78 is 27.0. The average Bonchev–Trinajstić information content (AvgIpc) is 3.07. The van der Waals surface area contributed by atoms with E-state index in [0.29, 0.717) is 11.3 Å². The number of fused-ring (bicyclic) bond motifs is 1. The molecule has 0 bridgehead atoms. The number of nitrogens with one attached hydrogen (secondary N) is 1. The first-order chi connectivity index (χ1) is 13.2. The molecule has 0 amide bonds. The molecule has 1 atom stereocenters. The molecule has 2 heterocycles. The molecule has 144 valence electrons. The smallest absolute Gasteiger partial charge is 0.228 e. The molecule has 1 N–H and O–H groups in total. The highest BCUT2D eigenvalue weighted by molar-refractivity contribution is 9.10. The molecule has 5 nitrogen and oxygen atoms in total. The molecular formula is C20H17BrClN3O2S. The number of aromatic nitrogens is 1. The van der Waals surface area contributed by atoms with Crippen molar-refractivity contribution < 1.29 is 8.42 Å². The third-order valence-corrected chi connectivity index (χ3v) is 6.46. The number of halogens is 2. The number of hydrazine groups is 1. The second-order valence-corrected chi connectivity index (χ2v) is 9.90. The number of hydrogen-bond acceptors (Lipinski definition) is 4. The predicted octanol–water partition coefficient (Wildman–Crippen LogP) is 4.82. The third kappa shape index (κ3) is 3.67. The van der Waals surface area contributed by atoms with Crippen LogP contribution in [0.15, 0.2) is 59.1 Å². The number of benzene rings is 2. The van der Waals surface area contributed by atoms with Crippen LogP contribution in [0.25, 0.3) is 16.6 Å². The molecule has 0 radical (unpaired) electrons. The van der Waals surface area contributed by atoms with E-state index in [1.54, 1.807) is 0 Å². The Labute approximate surface area is 177 Å². The van der Waals surface area contributed by atoms with Gasteiger partial charge in [0.1, 0.15) is 5.15 Å². The minimum atomic E-state index is -3.55. The van der Waals surface area contributed by atoms with Crippen LogP contribution in [0.5, 0.6) is 0 Å². The van der Waals surface area contributed by atoms with Crippen LogP contribution in [0.1, 0.15) is 22.7 Å². The van der Waals surface area contributed by atoms with Crippen molar-refractivity contribution in [2.75, 3.05) is 6.26 Å². The van der Waals surface area contributed by atoms with E-state index in [4.69, 9.17) is 11.6 Å². The maximum atomic E-state index is 12.4. The van der Waals surface area contributed by atoms with Crippen molar-refractivity contribution in [3.63, 3.8) is 0 Å². The molecular weight excluding hydrogens is 462 g/mol. The van der Waals surface area contributed by atoms with Gasteiger partial charge in [-0.15, -0.1) is 4.41 Å². The summed E-state index contributed by atoms with van der Waals surface area (Å²) in [7, 11) is -3.55. The molecule has 0 spiro atoms. The number of hydrogen-bond donors (Lipinski definition) is 1. The summed E-state index contributed by atoms with van der Waals surface area (Å²) in [4.78, 5) is 4.49. The fourth-order valence-electron chi connectivity index (χ4n) is 3.22. The zero-order valence-electron chi connectivity index (χ0n) is 15.1. The Morgan fingerprint density at radius 1 is 1.14 bits per heavy atom. The summed E-state index contributed by atoms with van der Waals surface area (Å²) in [6.07, 6.45) is 3.02. The lowest BCUT2D eigenvalue weighted by atomic mass is 10.0. The van der Waals surface area contributed by atoms with Crippen LogP contribution in [-0.4, -0.2) is 24.1 Å². The lowest BCUT2D eigenvalue weighted by Crippen LogP contribution is -2.38. The van der Waals surface area contributed by atoms with E-state index < -0.39 is 16.1 Å². The first-order valence-electron chi connectivity index (χ1n) is 8.53. The van der Waals surface area contributed by atoms with Gasteiger partial charge in [-0.2, -0.15) is 0 Å². The predicted molar refractivity (Wildman–Crippen MR) is 116 cm³/mol. The van der Waals surface area contributed by atoms with Gasteiger partial charge < -0.3 is 5.43 Å². The van der Waals surface area contributed by atoms with Gasteiger partial charge in [-0.25, -0.2) is 13.4 Å². The van der Waals surface area contributed by atoms with Gasteiger partial charge in [-0.1, -0.05) is 51.8 Å². The summed E-state index contributed by atoms with van der Waals surface area (Å²) in [5, 5.41) is 1.19. The van der Waals surface area contributed by atoms with Crippen molar-refractivity contribution >= 4 is 54.2 Å². The van der Waals surface area contributed by atoms with Gasteiger partial charge >= 0.3 is 0 Å². The van der Waals surface area contributed by atoms with Crippen molar-refractivity contribution in [2.24, 2.45) is 0 Å². The molecule has 0 saturated carbocycles. The first-order valence-corrected chi connectivity index (χ1v) is 11.5. The van der Waals surface area contributed by atoms with E-state index in [0.717, 1.165) is 32.8 Å². The number of rotatable bonds is 3. The number of sulfonamides is 1. The van der Waals surface area contributed by atoms with E-state index in [9.17, 15) is 8.42 Å². The molecule has 4 rings (SSSR count). The molecule has 1 aromatic heterocycles. The normalized spacial score (nSPS) is 17.6. The highest BCUT2D eigenvalue weighted by Crippen LogP contribution is 2.37. The highest BCUT2D eigenvalue weighted by Gasteiger charge is 2.35. The molecule has 2 aromatic carbocycles. The lowest BCUT2D eigenvalue weighted by molar-refractivity contribution is 0.351.